The van der Waals surface area contributed by atoms with E-state index in [-0.39, 0.29) is 23.9 Å². The Hall–Kier alpha value is -1.62. The molecule has 0 aromatic carbocycles. The quantitative estimate of drug-likeness (QED) is 0.454. The maximum atomic E-state index is 11.8. The molecule has 0 unspecified atom stereocenters. The lowest BCUT2D eigenvalue weighted by molar-refractivity contribution is -0.176. The van der Waals surface area contributed by atoms with Crippen LogP contribution < -0.4 is 0 Å². The molecule has 5 heteroatoms. The van der Waals surface area contributed by atoms with E-state index in [1.807, 2.05) is 13.8 Å². The van der Waals surface area contributed by atoms with Gasteiger partial charge in [-0.2, -0.15) is 0 Å². The number of rotatable bonds is 1. The van der Waals surface area contributed by atoms with Crippen LogP contribution in [-0.2, 0) is 19.1 Å². The molecule has 0 amide bonds. The molecule has 5 nitrogen and oxygen atoms in total. The summed E-state index contributed by atoms with van der Waals surface area (Å²) in [6, 6.07) is 0. The third kappa shape index (κ3) is 2.10. The number of allylic oxidation sites excluding steroid dienone is 1. The van der Waals surface area contributed by atoms with Crippen molar-refractivity contribution in [3.63, 3.8) is 0 Å². The Labute approximate surface area is 130 Å². The molecule has 2 fully saturated rings. The largest absolute Gasteiger partial charge is 0.459 e. The number of carbonyl (C=O) groups is 2. The Bertz CT molecular complexity index is 578. The zero-order valence-electron chi connectivity index (χ0n) is 13.2. The lowest BCUT2D eigenvalue weighted by Gasteiger charge is -2.52. The normalized spacial score (nSPS) is 43.8. The van der Waals surface area contributed by atoms with Gasteiger partial charge in [-0.05, 0) is 25.7 Å². The summed E-state index contributed by atoms with van der Waals surface area (Å²) in [6.07, 6.45) is 1.37. The predicted molar refractivity (Wildman–Crippen MR) is 78.7 cm³/mol. The molecular weight excluding hydrogens is 284 g/mol. The highest BCUT2D eigenvalue weighted by atomic mass is 16.6. The van der Waals surface area contributed by atoms with Crippen LogP contribution in [0.3, 0.4) is 0 Å². The van der Waals surface area contributed by atoms with Gasteiger partial charge in [0.1, 0.15) is 18.3 Å². The van der Waals surface area contributed by atoms with Crippen LogP contribution in [0.5, 0.6) is 0 Å². The summed E-state index contributed by atoms with van der Waals surface area (Å²) in [5.74, 6) is -0.592. The maximum absolute atomic E-state index is 11.8. The van der Waals surface area contributed by atoms with Crippen molar-refractivity contribution in [2.45, 2.75) is 51.9 Å². The second kappa shape index (κ2) is 4.95. The van der Waals surface area contributed by atoms with Crippen LogP contribution in [0.2, 0.25) is 0 Å². The Morgan fingerprint density at radius 3 is 2.86 bits per heavy atom. The molecule has 0 spiro atoms. The van der Waals surface area contributed by atoms with Crippen LogP contribution in [0.15, 0.2) is 23.8 Å². The SMILES string of the molecule is C=C1C(=O)O[C@@H]2C[C@@]3(C)[C@H](C[C@@H]12)C(C)=C[C@@H](O)[C@H]3OC(C)=O. The summed E-state index contributed by atoms with van der Waals surface area (Å²) in [5.41, 5.74) is 1.16. The first-order chi connectivity index (χ1) is 10.2. The molecular formula is C17H22O5. The summed E-state index contributed by atoms with van der Waals surface area (Å²) < 4.78 is 10.9. The molecule has 1 heterocycles. The molecule has 3 rings (SSSR count). The van der Waals surface area contributed by atoms with Gasteiger partial charge in [-0.3, -0.25) is 4.79 Å². The van der Waals surface area contributed by atoms with Gasteiger partial charge in [0.25, 0.3) is 0 Å². The van der Waals surface area contributed by atoms with Crippen LogP contribution in [0.1, 0.15) is 33.6 Å². The van der Waals surface area contributed by atoms with Crippen molar-refractivity contribution in [3.8, 4) is 0 Å². The fraction of sp³-hybridized carbons (Fsp3) is 0.647. The Kier molecular flexibility index (Phi) is 3.44. The van der Waals surface area contributed by atoms with Crippen molar-refractivity contribution >= 4 is 11.9 Å². The van der Waals surface area contributed by atoms with Gasteiger partial charge in [-0.1, -0.05) is 25.2 Å². The van der Waals surface area contributed by atoms with Crippen molar-refractivity contribution in [1.29, 1.82) is 0 Å². The van der Waals surface area contributed by atoms with E-state index in [1.54, 1.807) is 6.08 Å². The van der Waals surface area contributed by atoms with Crippen molar-refractivity contribution in [2.24, 2.45) is 17.3 Å². The summed E-state index contributed by atoms with van der Waals surface area (Å²) in [7, 11) is 0. The molecule has 1 N–H and O–H groups in total. The predicted octanol–water partition coefficient (Wildman–Crippen LogP) is 1.75. The fourth-order valence-corrected chi connectivity index (χ4v) is 4.51. The minimum absolute atomic E-state index is 0.0159. The number of aliphatic hydroxyl groups is 1. The van der Waals surface area contributed by atoms with Gasteiger partial charge in [0, 0.05) is 23.8 Å². The smallest absolute Gasteiger partial charge is 0.334 e. The van der Waals surface area contributed by atoms with Gasteiger partial charge in [0.05, 0.1) is 0 Å². The third-order valence-corrected chi connectivity index (χ3v) is 5.58. The summed E-state index contributed by atoms with van der Waals surface area (Å²) >= 11 is 0. The third-order valence-electron chi connectivity index (χ3n) is 5.58. The van der Waals surface area contributed by atoms with E-state index in [4.69, 9.17) is 9.47 Å². The first kappa shape index (κ1) is 15.3. The lowest BCUT2D eigenvalue weighted by Crippen LogP contribution is -2.56. The van der Waals surface area contributed by atoms with E-state index in [0.29, 0.717) is 12.0 Å². The van der Waals surface area contributed by atoms with E-state index in [0.717, 1.165) is 12.0 Å². The molecule has 120 valence electrons. The van der Waals surface area contributed by atoms with Crippen LogP contribution >= 0.6 is 0 Å². The van der Waals surface area contributed by atoms with E-state index in [9.17, 15) is 14.7 Å². The van der Waals surface area contributed by atoms with Crippen LogP contribution in [-0.4, -0.2) is 35.4 Å². The van der Waals surface area contributed by atoms with Gasteiger partial charge in [-0.15, -0.1) is 0 Å². The lowest BCUT2D eigenvalue weighted by atomic mass is 9.55. The Morgan fingerprint density at radius 1 is 1.55 bits per heavy atom. The molecule has 1 saturated heterocycles. The van der Waals surface area contributed by atoms with Gasteiger partial charge in [0.15, 0.2) is 0 Å². The first-order valence-electron chi connectivity index (χ1n) is 7.67. The highest BCUT2D eigenvalue weighted by Crippen LogP contribution is 2.56. The van der Waals surface area contributed by atoms with Crippen molar-refractivity contribution in [2.75, 3.05) is 0 Å². The average molecular weight is 306 g/mol. The standard InChI is InChI=1S/C17H22O5/c1-8-5-13(19)15(21-10(3)18)17(4)7-14-11(6-12(8)17)9(2)16(20)22-14/h5,11-15,19H,2,6-7H2,1,3-4H3/t11-,12+,13+,14+,15+,17-/m0/s1. The molecule has 0 radical (unpaired) electrons. The van der Waals surface area contributed by atoms with Gasteiger partial charge in [-0.25, -0.2) is 4.79 Å². The minimum Gasteiger partial charge on any atom is -0.459 e. The molecule has 0 bridgehead atoms. The minimum atomic E-state index is -0.831. The Balaban J connectivity index is 1.98. The number of hydrogen-bond donors (Lipinski definition) is 1. The van der Waals surface area contributed by atoms with Crippen LogP contribution in [0.25, 0.3) is 0 Å². The van der Waals surface area contributed by atoms with E-state index < -0.39 is 23.6 Å². The number of hydrogen-bond acceptors (Lipinski definition) is 5. The highest BCUT2D eigenvalue weighted by Gasteiger charge is 2.58. The zero-order chi connectivity index (χ0) is 16.2. The summed E-state index contributed by atoms with van der Waals surface area (Å²) in [4.78, 5) is 23.2. The van der Waals surface area contributed by atoms with E-state index in [2.05, 4.69) is 6.58 Å². The molecule has 1 aliphatic heterocycles. The molecule has 1 saturated carbocycles. The van der Waals surface area contributed by atoms with Crippen molar-refractivity contribution in [3.05, 3.63) is 23.8 Å². The fourth-order valence-electron chi connectivity index (χ4n) is 4.51. The maximum Gasteiger partial charge on any atom is 0.334 e. The molecule has 3 aliphatic rings. The topological polar surface area (TPSA) is 72.8 Å². The van der Waals surface area contributed by atoms with Crippen molar-refractivity contribution < 1.29 is 24.2 Å². The zero-order valence-corrected chi connectivity index (χ0v) is 13.2. The van der Waals surface area contributed by atoms with Gasteiger partial charge >= 0.3 is 11.9 Å². The summed E-state index contributed by atoms with van der Waals surface area (Å²) in [6.45, 7) is 9.20. The highest BCUT2D eigenvalue weighted by molar-refractivity contribution is 5.90. The number of esters is 2. The number of aliphatic hydroxyl groups excluding tert-OH is 1. The Morgan fingerprint density at radius 2 is 2.23 bits per heavy atom. The van der Waals surface area contributed by atoms with Crippen LogP contribution in [0, 0.1) is 17.3 Å². The average Bonchev–Trinajstić information content (AvgIpc) is 2.67. The van der Waals surface area contributed by atoms with E-state index >= 15 is 0 Å². The van der Waals surface area contributed by atoms with Gasteiger partial charge < -0.3 is 14.6 Å². The molecule has 0 aromatic heterocycles. The molecule has 22 heavy (non-hydrogen) atoms. The first-order valence-corrected chi connectivity index (χ1v) is 7.67. The monoisotopic (exact) mass is 306 g/mol. The second-order valence-corrected chi connectivity index (χ2v) is 7.01. The molecule has 6 atom stereocenters. The molecule has 0 aromatic rings. The summed E-state index contributed by atoms with van der Waals surface area (Å²) in [5, 5.41) is 10.4. The van der Waals surface area contributed by atoms with Crippen LogP contribution in [0.4, 0.5) is 0 Å². The number of fused-ring (bicyclic) bond motifs is 2. The molecule has 2 aliphatic carbocycles. The van der Waals surface area contributed by atoms with Crippen molar-refractivity contribution in [1.82, 2.24) is 0 Å². The second-order valence-electron chi connectivity index (χ2n) is 7.01. The number of ether oxygens (including phenoxy) is 2. The van der Waals surface area contributed by atoms with Gasteiger partial charge in [0.2, 0.25) is 0 Å². The number of carbonyl (C=O) groups excluding carboxylic acids is 2. The van der Waals surface area contributed by atoms with E-state index in [1.165, 1.54) is 6.92 Å².